The molecule has 0 fully saturated rings. The van der Waals surface area contributed by atoms with E-state index in [2.05, 4.69) is 160 Å². The largest absolute Gasteiger partial charge is 0.456 e. The molecule has 2 nitrogen and oxygen atoms in total. The smallest absolute Gasteiger partial charge is 0.139 e. The molecule has 0 saturated carbocycles. The van der Waals surface area contributed by atoms with Gasteiger partial charge in [-0.3, -0.25) is 0 Å². The molecule has 2 aromatic heterocycles. The van der Waals surface area contributed by atoms with Crippen molar-refractivity contribution in [2.75, 3.05) is 0 Å². The molecule has 8 aromatic rings. The molecule has 9 rings (SSSR count). The molecule has 0 bridgehead atoms. The molecule has 0 radical (unpaired) electrons. The summed E-state index contributed by atoms with van der Waals surface area (Å²) in [5.41, 5.74) is 13.3. The maximum Gasteiger partial charge on any atom is 0.139 e. The van der Waals surface area contributed by atoms with Crippen molar-refractivity contribution < 1.29 is 4.74 Å². The Morgan fingerprint density at radius 2 is 1.39 bits per heavy atom. The first-order valence-electron chi connectivity index (χ1n) is 15.9. The summed E-state index contributed by atoms with van der Waals surface area (Å²) < 4.78 is 11.8. The van der Waals surface area contributed by atoms with Gasteiger partial charge in [-0.25, -0.2) is 0 Å². The number of aryl methyl sites for hydroxylation is 1. The van der Waals surface area contributed by atoms with Crippen LogP contribution in [0.1, 0.15) is 36.1 Å². The van der Waals surface area contributed by atoms with Crippen LogP contribution in [-0.4, -0.2) is 4.57 Å². The molecule has 0 saturated heterocycles. The predicted molar refractivity (Wildman–Crippen MR) is 195 cm³/mol. The second kappa shape index (κ2) is 9.94. The lowest BCUT2D eigenvalue weighted by atomic mass is 9.74. The Labute approximate surface area is 273 Å². The van der Waals surface area contributed by atoms with E-state index in [0.717, 1.165) is 17.1 Å². The quantitative estimate of drug-likeness (QED) is 0.194. The minimum atomic E-state index is -0.162. The van der Waals surface area contributed by atoms with Gasteiger partial charge in [0.1, 0.15) is 11.5 Å². The summed E-state index contributed by atoms with van der Waals surface area (Å²) in [6, 6.07) is 46.3. The van der Waals surface area contributed by atoms with Gasteiger partial charge in [0.15, 0.2) is 0 Å². The molecule has 1 aliphatic rings. The first kappa shape index (κ1) is 27.2. The SMILES string of the molecule is Cc1ccc(-c2cccc(-n3c4ccccc4c4sc5ccccc5c43)c2)c(C)c1-c1cccc2c1Oc1ccccc1C2(C)C. The molecule has 222 valence electrons. The number of para-hydroxylation sites is 3. The van der Waals surface area contributed by atoms with Gasteiger partial charge in [-0.15, -0.1) is 11.3 Å². The van der Waals surface area contributed by atoms with Crippen LogP contribution < -0.4 is 4.74 Å². The fourth-order valence-corrected chi connectivity index (χ4v) is 8.96. The summed E-state index contributed by atoms with van der Waals surface area (Å²) in [4.78, 5) is 0. The Balaban J connectivity index is 1.23. The van der Waals surface area contributed by atoms with Crippen LogP contribution >= 0.6 is 11.3 Å². The van der Waals surface area contributed by atoms with Crippen molar-refractivity contribution in [3.05, 3.63) is 150 Å². The average Bonchev–Trinajstić information content (AvgIpc) is 3.60. The van der Waals surface area contributed by atoms with Crippen LogP contribution in [0.15, 0.2) is 127 Å². The van der Waals surface area contributed by atoms with E-state index < -0.39 is 0 Å². The van der Waals surface area contributed by atoms with Crippen molar-refractivity contribution in [3.63, 3.8) is 0 Å². The zero-order valence-electron chi connectivity index (χ0n) is 26.4. The van der Waals surface area contributed by atoms with E-state index >= 15 is 0 Å². The maximum absolute atomic E-state index is 6.73. The van der Waals surface area contributed by atoms with Crippen molar-refractivity contribution in [2.24, 2.45) is 0 Å². The van der Waals surface area contributed by atoms with Crippen LogP contribution in [0, 0.1) is 13.8 Å². The predicted octanol–water partition coefficient (Wildman–Crippen LogP) is 12.4. The number of nitrogens with zero attached hydrogens (tertiary/aromatic N) is 1. The molecule has 6 aromatic carbocycles. The minimum Gasteiger partial charge on any atom is -0.456 e. The lowest BCUT2D eigenvalue weighted by Gasteiger charge is -2.35. The van der Waals surface area contributed by atoms with Crippen molar-refractivity contribution in [2.45, 2.75) is 33.1 Å². The van der Waals surface area contributed by atoms with Gasteiger partial charge in [0.05, 0.1) is 15.7 Å². The number of thiophene rings is 1. The highest BCUT2D eigenvalue weighted by Gasteiger charge is 2.35. The lowest BCUT2D eigenvalue weighted by molar-refractivity contribution is 0.419. The van der Waals surface area contributed by atoms with Gasteiger partial charge in [0.25, 0.3) is 0 Å². The zero-order chi connectivity index (χ0) is 31.2. The number of fused-ring (bicyclic) bond motifs is 7. The average molecular weight is 612 g/mol. The number of rotatable bonds is 3. The summed E-state index contributed by atoms with van der Waals surface area (Å²) in [5, 5.41) is 2.60. The van der Waals surface area contributed by atoms with Gasteiger partial charge in [-0.05, 0) is 72.0 Å². The van der Waals surface area contributed by atoms with E-state index in [0.29, 0.717) is 0 Å². The topological polar surface area (TPSA) is 14.2 Å². The van der Waals surface area contributed by atoms with Crippen molar-refractivity contribution in [3.8, 4) is 39.4 Å². The summed E-state index contributed by atoms with van der Waals surface area (Å²) in [6.07, 6.45) is 0. The molecule has 0 aliphatic carbocycles. The van der Waals surface area contributed by atoms with Gasteiger partial charge in [0, 0.05) is 43.3 Å². The standard InChI is InChI=1S/C43H33NOS/c1-26-23-24-30(27(2)39(26)33-17-12-19-35-41(33)45-37-21-9-7-18-34(37)43(35,3)4)28-13-11-14-29(25-28)44-36-20-8-5-15-31(36)42-40(44)32-16-6-10-22-38(32)46-42/h5-25H,1-4H3. The van der Waals surface area contributed by atoms with Crippen LogP contribution in [-0.2, 0) is 5.41 Å². The third kappa shape index (κ3) is 3.82. The summed E-state index contributed by atoms with van der Waals surface area (Å²) >= 11 is 1.88. The Morgan fingerprint density at radius 1 is 0.652 bits per heavy atom. The van der Waals surface area contributed by atoms with E-state index in [-0.39, 0.29) is 5.41 Å². The molecule has 0 N–H and O–H groups in total. The van der Waals surface area contributed by atoms with Crippen LogP contribution in [0.4, 0.5) is 0 Å². The van der Waals surface area contributed by atoms with E-state index in [1.165, 1.54) is 75.8 Å². The third-order valence-corrected chi connectivity index (χ3v) is 11.2. The molecule has 0 spiro atoms. The maximum atomic E-state index is 6.73. The molecule has 46 heavy (non-hydrogen) atoms. The van der Waals surface area contributed by atoms with Gasteiger partial charge in [-0.2, -0.15) is 0 Å². The number of benzene rings is 6. The summed E-state index contributed by atoms with van der Waals surface area (Å²) in [7, 11) is 0. The molecule has 0 unspecified atom stereocenters. The molecule has 3 heteroatoms. The monoisotopic (exact) mass is 611 g/mol. The zero-order valence-corrected chi connectivity index (χ0v) is 27.2. The highest BCUT2D eigenvalue weighted by molar-refractivity contribution is 7.26. The van der Waals surface area contributed by atoms with E-state index in [1.807, 2.05) is 11.3 Å². The normalized spacial score (nSPS) is 13.6. The van der Waals surface area contributed by atoms with Crippen LogP contribution in [0.3, 0.4) is 0 Å². The number of ether oxygens (including phenoxy) is 1. The minimum absolute atomic E-state index is 0.162. The Morgan fingerprint density at radius 3 is 2.28 bits per heavy atom. The number of aromatic nitrogens is 1. The molecular formula is C43H33NOS. The van der Waals surface area contributed by atoms with E-state index in [4.69, 9.17) is 4.74 Å². The fourth-order valence-electron chi connectivity index (χ4n) is 7.74. The molecule has 3 heterocycles. The third-order valence-electron chi connectivity index (χ3n) is 10.0. The van der Waals surface area contributed by atoms with Crippen LogP contribution in [0.25, 0.3) is 59.1 Å². The second-order valence-corrected chi connectivity index (χ2v) is 14.1. The lowest BCUT2D eigenvalue weighted by Crippen LogP contribution is -2.24. The second-order valence-electron chi connectivity index (χ2n) is 13.0. The number of hydrogen-bond acceptors (Lipinski definition) is 2. The Kier molecular flexibility index (Phi) is 5.88. The highest BCUT2D eigenvalue weighted by Crippen LogP contribution is 2.52. The molecule has 0 atom stereocenters. The van der Waals surface area contributed by atoms with Gasteiger partial charge in [-0.1, -0.05) is 111 Å². The first-order chi connectivity index (χ1) is 22.4. The molecular weight excluding hydrogens is 579 g/mol. The Hall–Kier alpha value is -5.12. The number of hydrogen-bond donors (Lipinski definition) is 0. The van der Waals surface area contributed by atoms with Crippen molar-refractivity contribution in [1.82, 2.24) is 4.57 Å². The van der Waals surface area contributed by atoms with Gasteiger partial charge < -0.3 is 9.30 Å². The van der Waals surface area contributed by atoms with Crippen LogP contribution in [0.5, 0.6) is 11.5 Å². The van der Waals surface area contributed by atoms with Crippen LogP contribution in [0.2, 0.25) is 0 Å². The molecule has 0 amide bonds. The molecule has 1 aliphatic heterocycles. The fraction of sp³-hybridized carbons (Fsp3) is 0.116. The summed E-state index contributed by atoms with van der Waals surface area (Å²) in [6.45, 7) is 9.09. The van der Waals surface area contributed by atoms with E-state index in [1.54, 1.807) is 0 Å². The van der Waals surface area contributed by atoms with E-state index in [9.17, 15) is 0 Å². The van der Waals surface area contributed by atoms with Gasteiger partial charge >= 0.3 is 0 Å². The van der Waals surface area contributed by atoms with Crippen molar-refractivity contribution >= 4 is 42.5 Å². The first-order valence-corrected chi connectivity index (χ1v) is 16.8. The van der Waals surface area contributed by atoms with Gasteiger partial charge in [0.2, 0.25) is 0 Å². The Bertz CT molecular complexity index is 2500. The van der Waals surface area contributed by atoms with Crippen molar-refractivity contribution in [1.29, 1.82) is 0 Å². The summed E-state index contributed by atoms with van der Waals surface area (Å²) in [5.74, 6) is 1.91. The highest BCUT2D eigenvalue weighted by atomic mass is 32.1.